The Balaban J connectivity index is 1.82. The largest absolute Gasteiger partial charge is 0.396 e. The summed E-state index contributed by atoms with van der Waals surface area (Å²) in [6.07, 6.45) is 2.70. The Morgan fingerprint density at radius 3 is 2.52 bits per heavy atom. The van der Waals surface area contributed by atoms with Crippen LogP contribution in [0.3, 0.4) is 0 Å². The highest BCUT2D eigenvalue weighted by Gasteiger charge is 2.21. The van der Waals surface area contributed by atoms with Crippen molar-refractivity contribution in [2.75, 3.05) is 24.7 Å². The van der Waals surface area contributed by atoms with E-state index in [4.69, 9.17) is 22.1 Å². The predicted octanol–water partition coefficient (Wildman–Crippen LogP) is 5.12. The monoisotopic (exact) mass is 330 g/mol. The number of anilines is 2. The van der Waals surface area contributed by atoms with Crippen molar-refractivity contribution in [3.05, 3.63) is 47.0 Å². The molecule has 1 aliphatic carbocycles. The molecular weight excluding hydrogens is 308 g/mol. The molecular formula is C19H23ClN2O. The Kier molecular flexibility index (Phi) is 4.79. The zero-order chi connectivity index (χ0) is 16.4. The number of halogens is 1. The average molecular weight is 331 g/mol. The molecule has 23 heavy (non-hydrogen) atoms. The minimum Gasteiger partial charge on any atom is -0.396 e. The van der Waals surface area contributed by atoms with Gasteiger partial charge < -0.3 is 15.8 Å². The summed E-state index contributed by atoms with van der Waals surface area (Å²) in [6.45, 7) is 3.00. The Hall–Kier alpha value is -1.71. The smallest absolute Gasteiger partial charge is 0.0793 e. The van der Waals surface area contributed by atoms with Crippen LogP contribution in [-0.4, -0.2) is 13.7 Å². The highest BCUT2D eigenvalue weighted by atomic mass is 35.5. The summed E-state index contributed by atoms with van der Waals surface area (Å²) < 4.78 is 5.34. The SMILES string of the molecule is COC(C)c1ccc(-c2ccc(NCC3CC3)c(N)c2Cl)cc1. The molecule has 3 nitrogen and oxygen atoms in total. The molecule has 0 saturated heterocycles. The molecule has 1 aliphatic rings. The van der Waals surface area contributed by atoms with Gasteiger partial charge in [0.15, 0.2) is 0 Å². The molecule has 0 amide bonds. The van der Waals surface area contributed by atoms with Crippen LogP contribution >= 0.6 is 11.6 Å². The van der Waals surface area contributed by atoms with Crippen molar-refractivity contribution in [3.8, 4) is 11.1 Å². The highest BCUT2D eigenvalue weighted by molar-refractivity contribution is 6.36. The third-order valence-corrected chi connectivity index (χ3v) is 4.91. The Bertz CT molecular complexity index is 681. The fraction of sp³-hybridized carbons (Fsp3) is 0.368. The first-order chi connectivity index (χ1) is 11.1. The van der Waals surface area contributed by atoms with E-state index in [1.165, 1.54) is 12.8 Å². The first kappa shape index (κ1) is 16.2. The molecule has 122 valence electrons. The second-order valence-electron chi connectivity index (χ2n) is 6.21. The Labute approximate surface area is 142 Å². The van der Waals surface area contributed by atoms with Crippen molar-refractivity contribution in [3.63, 3.8) is 0 Å². The standard InChI is InChI=1S/C19H23ClN2O/c1-12(23-2)14-5-7-15(8-6-14)16-9-10-17(19(21)18(16)20)22-11-13-3-4-13/h5-10,12-13,22H,3-4,11,21H2,1-2H3. The maximum Gasteiger partial charge on any atom is 0.0793 e. The summed E-state index contributed by atoms with van der Waals surface area (Å²) in [4.78, 5) is 0. The number of benzene rings is 2. The molecule has 1 unspecified atom stereocenters. The molecule has 1 saturated carbocycles. The van der Waals surface area contributed by atoms with E-state index in [9.17, 15) is 0 Å². The van der Waals surface area contributed by atoms with Gasteiger partial charge in [-0.3, -0.25) is 0 Å². The summed E-state index contributed by atoms with van der Waals surface area (Å²) >= 11 is 6.50. The van der Waals surface area contributed by atoms with E-state index in [1.54, 1.807) is 7.11 Å². The number of methoxy groups -OCH3 is 1. The molecule has 0 spiro atoms. The molecule has 3 N–H and O–H groups in total. The lowest BCUT2D eigenvalue weighted by molar-refractivity contribution is 0.119. The van der Waals surface area contributed by atoms with Crippen LogP contribution in [0.25, 0.3) is 11.1 Å². The molecule has 0 radical (unpaired) electrons. The van der Waals surface area contributed by atoms with Gasteiger partial charge in [-0.1, -0.05) is 41.9 Å². The molecule has 1 atom stereocenters. The second kappa shape index (κ2) is 6.81. The van der Waals surface area contributed by atoms with Crippen LogP contribution in [0, 0.1) is 5.92 Å². The van der Waals surface area contributed by atoms with Crippen molar-refractivity contribution in [2.45, 2.75) is 25.9 Å². The summed E-state index contributed by atoms with van der Waals surface area (Å²) in [5, 5.41) is 4.01. The van der Waals surface area contributed by atoms with Crippen molar-refractivity contribution in [2.24, 2.45) is 5.92 Å². The van der Waals surface area contributed by atoms with Crippen molar-refractivity contribution < 1.29 is 4.74 Å². The zero-order valence-electron chi connectivity index (χ0n) is 13.6. The molecule has 2 aromatic rings. The van der Waals surface area contributed by atoms with E-state index in [0.29, 0.717) is 10.7 Å². The lowest BCUT2D eigenvalue weighted by Gasteiger charge is -2.14. The number of hydrogen-bond acceptors (Lipinski definition) is 3. The van der Waals surface area contributed by atoms with Crippen LogP contribution < -0.4 is 11.1 Å². The third-order valence-electron chi connectivity index (χ3n) is 4.50. The van der Waals surface area contributed by atoms with Gasteiger partial charge >= 0.3 is 0 Å². The van der Waals surface area contributed by atoms with Crippen molar-refractivity contribution >= 4 is 23.0 Å². The summed E-state index contributed by atoms with van der Waals surface area (Å²) in [5.41, 5.74) is 10.9. The minimum atomic E-state index is 0.0820. The molecule has 1 fully saturated rings. The first-order valence-electron chi connectivity index (χ1n) is 8.05. The van der Waals surface area contributed by atoms with E-state index in [0.717, 1.165) is 34.8 Å². The molecule has 0 bridgehead atoms. The van der Waals surface area contributed by atoms with Gasteiger partial charge in [0.1, 0.15) is 0 Å². The van der Waals surface area contributed by atoms with E-state index in [-0.39, 0.29) is 6.10 Å². The van der Waals surface area contributed by atoms with Gasteiger partial charge in [-0.2, -0.15) is 0 Å². The number of ether oxygens (including phenoxy) is 1. The number of hydrogen-bond donors (Lipinski definition) is 2. The maximum atomic E-state index is 6.50. The molecule has 0 heterocycles. The Morgan fingerprint density at radius 2 is 1.91 bits per heavy atom. The number of nitrogens with two attached hydrogens (primary N) is 1. The van der Waals surface area contributed by atoms with Gasteiger partial charge in [0.05, 0.1) is 22.5 Å². The van der Waals surface area contributed by atoms with Crippen molar-refractivity contribution in [1.29, 1.82) is 0 Å². The lowest BCUT2D eigenvalue weighted by Crippen LogP contribution is -2.06. The lowest BCUT2D eigenvalue weighted by atomic mass is 10.0. The molecule has 0 aliphatic heterocycles. The normalized spacial score (nSPS) is 15.4. The molecule has 0 aromatic heterocycles. The van der Waals surface area contributed by atoms with Crippen molar-refractivity contribution in [1.82, 2.24) is 0 Å². The van der Waals surface area contributed by atoms with Gasteiger partial charge in [-0.25, -0.2) is 0 Å². The minimum absolute atomic E-state index is 0.0820. The van der Waals surface area contributed by atoms with Gasteiger partial charge in [0, 0.05) is 19.2 Å². The van der Waals surface area contributed by atoms with E-state index >= 15 is 0 Å². The predicted molar refractivity (Wildman–Crippen MR) is 97.9 cm³/mol. The summed E-state index contributed by atoms with van der Waals surface area (Å²) in [6, 6.07) is 12.3. The fourth-order valence-electron chi connectivity index (χ4n) is 2.62. The van der Waals surface area contributed by atoms with Crippen LogP contribution in [0.5, 0.6) is 0 Å². The quantitative estimate of drug-likeness (QED) is 0.723. The van der Waals surface area contributed by atoms with Crippen LogP contribution in [0.4, 0.5) is 11.4 Å². The van der Waals surface area contributed by atoms with Gasteiger partial charge in [0.2, 0.25) is 0 Å². The summed E-state index contributed by atoms with van der Waals surface area (Å²) in [7, 11) is 1.71. The van der Waals surface area contributed by atoms with E-state index in [2.05, 4.69) is 29.6 Å². The number of rotatable bonds is 6. The van der Waals surface area contributed by atoms with Gasteiger partial charge in [0.25, 0.3) is 0 Å². The highest BCUT2D eigenvalue weighted by Crippen LogP contribution is 2.38. The first-order valence-corrected chi connectivity index (χ1v) is 8.43. The van der Waals surface area contributed by atoms with Gasteiger partial charge in [-0.05, 0) is 42.9 Å². The van der Waals surface area contributed by atoms with Crippen LogP contribution in [0.2, 0.25) is 5.02 Å². The second-order valence-corrected chi connectivity index (χ2v) is 6.59. The molecule has 2 aromatic carbocycles. The van der Waals surface area contributed by atoms with Crippen LogP contribution in [0.15, 0.2) is 36.4 Å². The van der Waals surface area contributed by atoms with E-state index in [1.807, 2.05) is 19.1 Å². The Morgan fingerprint density at radius 1 is 1.22 bits per heavy atom. The zero-order valence-corrected chi connectivity index (χ0v) is 14.4. The molecule has 4 heteroatoms. The average Bonchev–Trinajstić information content (AvgIpc) is 3.40. The van der Waals surface area contributed by atoms with Crippen LogP contribution in [-0.2, 0) is 4.74 Å². The summed E-state index contributed by atoms with van der Waals surface area (Å²) in [5.74, 6) is 0.795. The fourth-order valence-corrected chi connectivity index (χ4v) is 2.89. The number of nitrogen functional groups attached to an aromatic ring is 1. The third kappa shape index (κ3) is 3.62. The van der Waals surface area contributed by atoms with E-state index < -0.39 is 0 Å². The molecule has 3 rings (SSSR count). The number of nitrogens with one attached hydrogen (secondary N) is 1. The van der Waals surface area contributed by atoms with Gasteiger partial charge in [-0.15, -0.1) is 0 Å². The van der Waals surface area contributed by atoms with Crippen LogP contribution in [0.1, 0.15) is 31.4 Å². The topological polar surface area (TPSA) is 47.3 Å². The maximum absolute atomic E-state index is 6.50.